The first kappa shape index (κ1) is 16.9. The molecule has 112 valence electrons. The summed E-state index contributed by atoms with van der Waals surface area (Å²) in [5.41, 5.74) is 5.45. The second-order valence-corrected chi connectivity index (χ2v) is 7.02. The monoisotopic (exact) mass is 316 g/mol. The van der Waals surface area contributed by atoms with E-state index in [0.29, 0.717) is 17.2 Å². The zero-order valence-electron chi connectivity index (χ0n) is 11.9. The van der Waals surface area contributed by atoms with Gasteiger partial charge in [-0.25, -0.2) is 8.42 Å². The predicted octanol–water partition coefficient (Wildman–Crippen LogP) is 1.77. The highest BCUT2D eigenvalue weighted by atomic mass is 32.2. The van der Waals surface area contributed by atoms with Crippen LogP contribution in [0.2, 0.25) is 0 Å². The minimum absolute atomic E-state index is 0.170. The third-order valence-corrected chi connectivity index (χ3v) is 5.11. The molecule has 0 aromatic heterocycles. The van der Waals surface area contributed by atoms with Crippen molar-refractivity contribution >= 4 is 27.2 Å². The average Bonchev–Trinajstić information content (AvgIpc) is 2.38. The molecule has 2 N–H and O–H groups in total. The van der Waals surface area contributed by atoms with E-state index in [9.17, 15) is 8.42 Å². The lowest BCUT2D eigenvalue weighted by molar-refractivity contribution is 0.362. The fourth-order valence-corrected chi connectivity index (χ4v) is 3.49. The zero-order chi connectivity index (χ0) is 15.3. The van der Waals surface area contributed by atoms with Gasteiger partial charge in [0.1, 0.15) is 5.75 Å². The molecular weight excluding hydrogens is 296 g/mol. The Bertz CT molecular complexity index is 553. The zero-order valence-corrected chi connectivity index (χ0v) is 13.5. The summed E-state index contributed by atoms with van der Waals surface area (Å²) in [7, 11) is -2.02. The first-order valence-corrected chi connectivity index (χ1v) is 8.08. The van der Waals surface area contributed by atoms with E-state index in [4.69, 9.17) is 22.7 Å². The summed E-state index contributed by atoms with van der Waals surface area (Å²) in [6, 6.07) is 6.14. The maximum Gasteiger partial charge on any atom is 0.243 e. The van der Waals surface area contributed by atoms with Crippen LogP contribution in [-0.2, 0) is 10.0 Å². The van der Waals surface area contributed by atoms with Crippen LogP contribution in [0.25, 0.3) is 0 Å². The van der Waals surface area contributed by atoms with Gasteiger partial charge in [0.05, 0.1) is 17.0 Å². The van der Waals surface area contributed by atoms with Gasteiger partial charge < -0.3 is 10.5 Å². The molecule has 0 heterocycles. The van der Waals surface area contributed by atoms with E-state index in [-0.39, 0.29) is 17.5 Å². The number of nitrogens with two attached hydrogens (primary N) is 1. The van der Waals surface area contributed by atoms with Gasteiger partial charge in [-0.15, -0.1) is 0 Å². The van der Waals surface area contributed by atoms with Gasteiger partial charge in [-0.05, 0) is 38.1 Å². The van der Waals surface area contributed by atoms with Crippen LogP contribution in [0.15, 0.2) is 29.2 Å². The lowest BCUT2D eigenvalue weighted by Crippen LogP contribution is -2.38. The minimum atomic E-state index is -3.56. The molecule has 1 aromatic rings. The first-order valence-electron chi connectivity index (χ1n) is 6.23. The summed E-state index contributed by atoms with van der Waals surface area (Å²) in [4.78, 5) is 0.538. The Balaban J connectivity index is 3.05. The average molecular weight is 316 g/mol. The van der Waals surface area contributed by atoms with Crippen LogP contribution in [0.5, 0.6) is 5.75 Å². The van der Waals surface area contributed by atoms with Crippen LogP contribution >= 0.6 is 12.2 Å². The van der Waals surface area contributed by atoms with Crippen molar-refractivity contribution in [2.24, 2.45) is 5.73 Å². The maximum absolute atomic E-state index is 12.6. The van der Waals surface area contributed by atoms with Crippen molar-refractivity contribution in [3.8, 4) is 5.75 Å². The van der Waals surface area contributed by atoms with E-state index in [1.165, 1.54) is 23.5 Å². The third-order valence-electron chi connectivity index (χ3n) is 2.82. The third kappa shape index (κ3) is 4.16. The van der Waals surface area contributed by atoms with E-state index < -0.39 is 10.0 Å². The van der Waals surface area contributed by atoms with Gasteiger partial charge in [0.25, 0.3) is 0 Å². The molecule has 0 aliphatic rings. The molecule has 0 spiro atoms. The van der Waals surface area contributed by atoms with Gasteiger partial charge in [-0.3, -0.25) is 0 Å². The normalized spacial score (nSPS) is 11.8. The lowest BCUT2D eigenvalue weighted by atomic mass is 10.3. The second-order valence-electron chi connectivity index (χ2n) is 4.60. The summed E-state index contributed by atoms with van der Waals surface area (Å²) < 4.78 is 31.6. The number of hydrogen-bond donors (Lipinski definition) is 1. The molecule has 0 bridgehead atoms. The van der Waals surface area contributed by atoms with E-state index in [2.05, 4.69) is 0 Å². The topological polar surface area (TPSA) is 72.6 Å². The van der Waals surface area contributed by atoms with Crippen molar-refractivity contribution in [2.75, 3.05) is 13.7 Å². The van der Waals surface area contributed by atoms with Crippen LogP contribution in [0.1, 0.15) is 20.3 Å². The molecule has 0 radical (unpaired) electrons. The smallest absolute Gasteiger partial charge is 0.243 e. The van der Waals surface area contributed by atoms with Gasteiger partial charge in [0.2, 0.25) is 10.0 Å². The van der Waals surface area contributed by atoms with E-state index in [1.807, 2.05) is 13.8 Å². The number of thiocarbonyl (C=S) groups is 1. The van der Waals surface area contributed by atoms with Crippen molar-refractivity contribution in [1.82, 2.24) is 4.31 Å². The molecule has 0 aliphatic heterocycles. The molecule has 20 heavy (non-hydrogen) atoms. The highest BCUT2D eigenvalue weighted by Crippen LogP contribution is 2.21. The van der Waals surface area contributed by atoms with Crippen molar-refractivity contribution in [2.45, 2.75) is 31.2 Å². The summed E-state index contributed by atoms with van der Waals surface area (Å²) >= 11 is 4.81. The molecule has 0 unspecified atom stereocenters. The van der Waals surface area contributed by atoms with E-state index in [1.54, 1.807) is 12.1 Å². The Kier molecular flexibility index (Phi) is 5.91. The molecule has 0 saturated carbocycles. The van der Waals surface area contributed by atoms with Crippen molar-refractivity contribution < 1.29 is 13.2 Å². The molecule has 0 saturated heterocycles. The molecule has 0 amide bonds. The molecule has 1 rings (SSSR count). The van der Waals surface area contributed by atoms with Crippen molar-refractivity contribution in [3.05, 3.63) is 24.3 Å². The predicted molar refractivity (Wildman–Crippen MR) is 83.4 cm³/mol. The number of nitrogens with zero attached hydrogens (tertiary/aromatic N) is 1. The first-order chi connectivity index (χ1) is 9.28. The number of ether oxygens (including phenoxy) is 1. The summed E-state index contributed by atoms with van der Waals surface area (Å²) in [6.07, 6.45) is 0.364. The summed E-state index contributed by atoms with van der Waals surface area (Å²) in [6.45, 7) is 3.92. The Hall–Kier alpha value is -1.18. The molecular formula is C13H20N2O3S2. The summed E-state index contributed by atoms with van der Waals surface area (Å²) in [5, 5.41) is 0. The Morgan fingerprint density at radius 3 is 2.30 bits per heavy atom. The quantitative estimate of drug-likeness (QED) is 0.776. The van der Waals surface area contributed by atoms with Crippen LogP contribution < -0.4 is 10.5 Å². The van der Waals surface area contributed by atoms with Gasteiger partial charge in [-0.1, -0.05) is 12.2 Å². The number of rotatable bonds is 7. The number of methoxy groups -OCH3 is 1. The Labute approximate surface area is 125 Å². The minimum Gasteiger partial charge on any atom is -0.497 e. The molecule has 5 nitrogen and oxygen atoms in total. The number of sulfonamides is 1. The fourth-order valence-electron chi connectivity index (χ4n) is 1.76. The van der Waals surface area contributed by atoms with E-state index in [0.717, 1.165) is 0 Å². The molecule has 0 fully saturated rings. The van der Waals surface area contributed by atoms with Crippen molar-refractivity contribution in [3.63, 3.8) is 0 Å². The van der Waals surface area contributed by atoms with Crippen LogP contribution in [0.3, 0.4) is 0 Å². The van der Waals surface area contributed by atoms with E-state index >= 15 is 0 Å². The fraction of sp³-hybridized carbons (Fsp3) is 0.462. The summed E-state index contributed by atoms with van der Waals surface area (Å²) in [5.74, 6) is 0.614. The van der Waals surface area contributed by atoms with Crippen molar-refractivity contribution in [1.29, 1.82) is 0 Å². The highest BCUT2D eigenvalue weighted by molar-refractivity contribution is 7.89. The molecule has 0 atom stereocenters. The molecule has 0 aliphatic carbocycles. The van der Waals surface area contributed by atoms with Gasteiger partial charge in [0.15, 0.2) is 0 Å². The molecule has 7 heteroatoms. The van der Waals surface area contributed by atoms with Crippen LogP contribution in [0, 0.1) is 0 Å². The Morgan fingerprint density at radius 1 is 1.35 bits per heavy atom. The molecule has 1 aromatic carbocycles. The lowest BCUT2D eigenvalue weighted by Gasteiger charge is -2.25. The number of benzene rings is 1. The standard InChI is InChI=1S/C13H20N2O3S2/c1-10(2)15(9-8-13(14)19)20(16,17)12-6-4-11(18-3)5-7-12/h4-7,10H,8-9H2,1-3H3,(H2,14,19). The Morgan fingerprint density at radius 2 is 1.90 bits per heavy atom. The van der Waals surface area contributed by atoms with Crippen LogP contribution in [0.4, 0.5) is 0 Å². The van der Waals surface area contributed by atoms with Gasteiger partial charge in [0, 0.05) is 19.0 Å². The maximum atomic E-state index is 12.6. The second kappa shape index (κ2) is 7.01. The van der Waals surface area contributed by atoms with Crippen LogP contribution in [-0.4, -0.2) is 37.4 Å². The highest BCUT2D eigenvalue weighted by Gasteiger charge is 2.26. The largest absolute Gasteiger partial charge is 0.497 e. The van der Waals surface area contributed by atoms with Gasteiger partial charge >= 0.3 is 0 Å². The number of hydrogen-bond acceptors (Lipinski definition) is 4. The van der Waals surface area contributed by atoms with Gasteiger partial charge in [-0.2, -0.15) is 4.31 Å². The SMILES string of the molecule is COc1ccc(S(=O)(=O)N(CCC(N)=S)C(C)C)cc1.